The van der Waals surface area contributed by atoms with Gasteiger partial charge in [0.1, 0.15) is 11.3 Å². The van der Waals surface area contributed by atoms with Crippen molar-refractivity contribution in [3.8, 4) is 11.4 Å². The fourth-order valence-electron chi connectivity index (χ4n) is 4.62. The molecule has 1 heterocycles. The Morgan fingerprint density at radius 2 is 1.66 bits per heavy atom. The quantitative estimate of drug-likeness (QED) is 0.180. The van der Waals surface area contributed by atoms with E-state index >= 15 is 0 Å². The van der Waals surface area contributed by atoms with E-state index in [-0.39, 0.29) is 0 Å². The molecule has 4 aromatic rings. The average molecular weight is 537 g/mol. The Hall–Kier alpha value is -2.34. The average Bonchev–Trinajstić information content (AvgIpc) is 3.10. The van der Waals surface area contributed by atoms with Crippen LogP contribution in [0.25, 0.3) is 22.4 Å². The molecule has 1 N–H and O–H groups in total. The van der Waals surface area contributed by atoms with E-state index in [9.17, 15) is 0 Å². The Balaban J connectivity index is 1.85. The molecule has 0 aliphatic heterocycles. The fourth-order valence-corrected chi connectivity index (χ4v) is 5.16. The van der Waals surface area contributed by atoms with Crippen LogP contribution in [0.1, 0.15) is 49.3 Å². The third-order valence-corrected chi connectivity index (χ3v) is 6.69. The molecule has 166 valence electrons. The zero-order valence-electron chi connectivity index (χ0n) is 19.5. The molecule has 3 nitrogen and oxygen atoms in total. The van der Waals surface area contributed by atoms with Gasteiger partial charge in [-0.3, -0.25) is 0 Å². The first kappa shape index (κ1) is 22.8. The van der Waals surface area contributed by atoms with Crippen LogP contribution in [0.2, 0.25) is 0 Å². The van der Waals surface area contributed by atoms with Gasteiger partial charge in [-0.05, 0) is 91.2 Å². The number of unbranched alkanes of at least 4 members (excludes halogenated alkanes) is 3. The number of nitrogens with zero attached hydrogens (tertiary/aromatic N) is 2. The monoisotopic (exact) mass is 537 g/mol. The number of para-hydroxylation sites is 1. The molecule has 0 saturated carbocycles. The van der Waals surface area contributed by atoms with Crippen molar-refractivity contribution in [3.63, 3.8) is 0 Å². The standard InChI is InChI=1S/C28H32IN3/c1-5-6-7-8-15-32-25-14-10-13-24(30-23-12-9-11-22(29)18-23)27(25)31-28(32)26-20(3)16-19(2)17-21(26)4/h9-14,16-18,30H,5-8,15H2,1-4H3. The first-order chi connectivity index (χ1) is 15.5. The van der Waals surface area contributed by atoms with Crippen molar-refractivity contribution >= 4 is 45.0 Å². The van der Waals surface area contributed by atoms with Gasteiger partial charge in [-0.1, -0.05) is 56.0 Å². The highest BCUT2D eigenvalue weighted by molar-refractivity contribution is 14.1. The number of fused-ring (bicyclic) bond motifs is 1. The molecule has 0 amide bonds. The normalized spacial score (nSPS) is 11.3. The van der Waals surface area contributed by atoms with Crippen molar-refractivity contribution in [1.82, 2.24) is 9.55 Å². The van der Waals surface area contributed by atoms with Crippen LogP contribution in [0, 0.1) is 24.3 Å². The molecule has 32 heavy (non-hydrogen) atoms. The summed E-state index contributed by atoms with van der Waals surface area (Å²) in [5, 5.41) is 3.61. The number of imidazole rings is 1. The number of aryl methyl sites for hydroxylation is 4. The van der Waals surface area contributed by atoms with Gasteiger partial charge in [0.15, 0.2) is 0 Å². The Bertz CT molecular complexity index is 1220. The van der Waals surface area contributed by atoms with Gasteiger partial charge >= 0.3 is 0 Å². The van der Waals surface area contributed by atoms with E-state index in [0.717, 1.165) is 29.3 Å². The zero-order valence-corrected chi connectivity index (χ0v) is 21.7. The van der Waals surface area contributed by atoms with Crippen LogP contribution in [-0.2, 0) is 6.54 Å². The van der Waals surface area contributed by atoms with Crippen molar-refractivity contribution in [1.29, 1.82) is 0 Å². The van der Waals surface area contributed by atoms with E-state index in [0.29, 0.717) is 0 Å². The molecule has 0 spiro atoms. The Morgan fingerprint density at radius 1 is 0.906 bits per heavy atom. The molecule has 3 aromatic carbocycles. The molecular formula is C28H32IN3. The summed E-state index contributed by atoms with van der Waals surface area (Å²) >= 11 is 2.36. The molecule has 1 aromatic heterocycles. The summed E-state index contributed by atoms with van der Waals surface area (Å²) in [5.74, 6) is 1.09. The van der Waals surface area contributed by atoms with Gasteiger partial charge in [-0.15, -0.1) is 0 Å². The zero-order chi connectivity index (χ0) is 22.7. The minimum Gasteiger partial charge on any atom is -0.354 e. The van der Waals surface area contributed by atoms with Gasteiger partial charge < -0.3 is 9.88 Å². The number of anilines is 2. The summed E-state index contributed by atoms with van der Waals surface area (Å²) in [6.07, 6.45) is 4.95. The van der Waals surface area contributed by atoms with Crippen LogP contribution in [0.5, 0.6) is 0 Å². The lowest BCUT2D eigenvalue weighted by Crippen LogP contribution is -2.03. The van der Waals surface area contributed by atoms with Crippen LogP contribution in [0.4, 0.5) is 11.4 Å². The Labute approximate surface area is 205 Å². The molecule has 0 fully saturated rings. The van der Waals surface area contributed by atoms with Gasteiger partial charge in [0.05, 0.1) is 11.2 Å². The molecule has 0 aliphatic carbocycles. The smallest absolute Gasteiger partial charge is 0.141 e. The molecular weight excluding hydrogens is 505 g/mol. The lowest BCUT2D eigenvalue weighted by Gasteiger charge is -2.14. The summed E-state index contributed by atoms with van der Waals surface area (Å²) < 4.78 is 3.66. The lowest BCUT2D eigenvalue weighted by molar-refractivity contribution is 0.594. The molecule has 0 aliphatic rings. The second kappa shape index (κ2) is 10.1. The Morgan fingerprint density at radius 3 is 2.38 bits per heavy atom. The number of aromatic nitrogens is 2. The highest BCUT2D eigenvalue weighted by Crippen LogP contribution is 2.34. The van der Waals surface area contributed by atoms with Crippen molar-refractivity contribution in [2.75, 3.05) is 5.32 Å². The summed E-state index contributed by atoms with van der Waals surface area (Å²) in [6, 6.07) is 19.5. The van der Waals surface area contributed by atoms with E-state index in [2.05, 4.69) is 115 Å². The molecule has 0 saturated heterocycles. The van der Waals surface area contributed by atoms with Crippen LogP contribution < -0.4 is 5.32 Å². The SMILES string of the molecule is CCCCCCn1c(-c2c(C)cc(C)cc2C)nc2c(Nc3cccc(I)c3)cccc21. The molecule has 4 rings (SSSR count). The number of halogens is 1. The van der Waals surface area contributed by atoms with E-state index in [1.54, 1.807) is 0 Å². The highest BCUT2D eigenvalue weighted by Gasteiger charge is 2.18. The number of hydrogen-bond donors (Lipinski definition) is 1. The van der Waals surface area contributed by atoms with Crippen molar-refractivity contribution in [3.05, 3.63) is 74.9 Å². The number of benzene rings is 3. The first-order valence-corrected chi connectivity index (χ1v) is 12.7. The maximum atomic E-state index is 5.25. The molecule has 4 heteroatoms. The van der Waals surface area contributed by atoms with Gasteiger partial charge in [0, 0.05) is 21.4 Å². The van der Waals surface area contributed by atoms with Gasteiger partial charge in [-0.25, -0.2) is 4.98 Å². The molecule has 0 radical (unpaired) electrons. The topological polar surface area (TPSA) is 29.9 Å². The van der Waals surface area contributed by atoms with E-state index in [1.807, 2.05) is 0 Å². The van der Waals surface area contributed by atoms with Crippen LogP contribution >= 0.6 is 22.6 Å². The summed E-state index contributed by atoms with van der Waals surface area (Å²) in [4.78, 5) is 5.25. The Kier molecular flexibility index (Phi) is 7.19. The predicted octanol–water partition coefficient (Wildman–Crippen LogP) is 8.56. The fraction of sp³-hybridized carbons (Fsp3) is 0.321. The third-order valence-electron chi connectivity index (χ3n) is 6.02. The maximum absolute atomic E-state index is 5.25. The lowest BCUT2D eigenvalue weighted by atomic mass is 9.99. The predicted molar refractivity (Wildman–Crippen MR) is 146 cm³/mol. The summed E-state index contributed by atoms with van der Waals surface area (Å²) in [6.45, 7) is 9.84. The minimum absolute atomic E-state index is 0.991. The van der Waals surface area contributed by atoms with Crippen molar-refractivity contribution < 1.29 is 0 Å². The summed E-state index contributed by atoms with van der Waals surface area (Å²) in [5.41, 5.74) is 9.53. The number of nitrogens with one attached hydrogen (secondary N) is 1. The minimum atomic E-state index is 0.991. The van der Waals surface area contributed by atoms with Crippen LogP contribution in [0.15, 0.2) is 54.6 Å². The second-order valence-corrected chi connectivity index (χ2v) is 9.98. The van der Waals surface area contributed by atoms with Gasteiger partial charge in [-0.2, -0.15) is 0 Å². The van der Waals surface area contributed by atoms with Gasteiger partial charge in [0.2, 0.25) is 0 Å². The number of rotatable bonds is 8. The molecule has 0 atom stereocenters. The van der Waals surface area contributed by atoms with E-state index in [4.69, 9.17) is 4.98 Å². The molecule has 0 bridgehead atoms. The van der Waals surface area contributed by atoms with Crippen molar-refractivity contribution in [2.24, 2.45) is 0 Å². The van der Waals surface area contributed by atoms with Crippen molar-refractivity contribution in [2.45, 2.75) is 59.9 Å². The van der Waals surface area contributed by atoms with E-state index in [1.165, 1.54) is 57.0 Å². The van der Waals surface area contributed by atoms with Crippen LogP contribution in [-0.4, -0.2) is 9.55 Å². The highest BCUT2D eigenvalue weighted by atomic mass is 127. The maximum Gasteiger partial charge on any atom is 0.141 e. The second-order valence-electron chi connectivity index (χ2n) is 8.73. The van der Waals surface area contributed by atoms with E-state index < -0.39 is 0 Å². The van der Waals surface area contributed by atoms with Gasteiger partial charge in [0.25, 0.3) is 0 Å². The largest absolute Gasteiger partial charge is 0.354 e. The molecule has 0 unspecified atom stereocenters. The summed E-state index contributed by atoms with van der Waals surface area (Å²) in [7, 11) is 0. The number of hydrogen-bond acceptors (Lipinski definition) is 2. The third kappa shape index (κ3) is 4.85. The van der Waals surface area contributed by atoms with Crippen LogP contribution in [0.3, 0.4) is 0 Å². The first-order valence-electron chi connectivity index (χ1n) is 11.6.